The van der Waals surface area contributed by atoms with Crippen LogP contribution in [0.5, 0.6) is 0 Å². The van der Waals surface area contributed by atoms with E-state index in [1.54, 1.807) is 91.0 Å². The third-order valence-electron chi connectivity index (χ3n) is 5.18. The van der Waals surface area contributed by atoms with Gasteiger partial charge in [0.25, 0.3) is 0 Å². The lowest BCUT2D eigenvalue weighted by Crippen LogP contribution is -2.42. The van der Waals surface area contributed by atoms with Crippen LogP contribution in [0.2, 0.25) is 0 Å². The van der Waals surface area contributed by atoms with Gasteiger partial charge in [0.1, 0.15) is 12.7 Å². The van der Waals surface area contributed by atoms with Gasteiger partial charge in [-0.1, -0.05) is 54.6 Å². The number of carbonyl (C=O) groups is 3. The predicted molar refractivity (Wildman–Crippen MR) is 119 cm³/mol. The van der Waals surface area contributed by atoms with Crippen molar-refractivity contribution in [3.8, 4) is 0 Å². The fraction of sp³-hybridized carbons (Fsp3) is 0.192. The van der Waals surface area contributed by atoms with Gasteiger partial charge in [-0.2, -0.15) is 0 Å². The lowest BCUT2D eigenvalue weighted by atomic mass is 10.1. The number of aliphatic hydroxyl groups is 1. The van der Waals surface area contributed by atoms with Crippen LogP contribution in [0.4, 0.5) is 0 Å². The standard InChI is InChI=1S/C26H22O8/c27-23(17-10-4-1-5-11-17)31-16-20-21(33-24(28)18-12-6-2-7-13-18)22(26(30)32-20)34-25(29)19-14-8-3-9-15-19/h1-15,20-22,26,30H,16H2/t20-,21+,22+,26+/m0/s1. The molecule has 1 heterocycles. The van der Waals surface area contributed by atoms with E-state index in [0.29, 0.717) is 5.56 Å². The van der Waals surface area contributed by atoms with Crippen LogP contribution in [0.25, 0.3) is 0 Å². The lowest BCUT2D eigenvalue weighted by molar-refractivity contribution is -0.135. The highest BCUT2D eigenvalue weighted by molar-refractivity contribution is 5.90. The molecule has 0 amide bonds. The molecule has 3 aromatic carbocycles. The molecule has 0 bridgehead atoms. The van der Waals surface area contributed by atoms with Gasteiger partial charge < -0.3 is 24.1 Å². The fourth-order valence-corrected chi connectivity index (χ4v) is 3.46. The van der Waals surface area contributed by atoms with Gasteiger partial charge in [-0.25, -0.2) is 14.4 Å². The summed E-state index contributed by atoms with van der Waals surface area (Å²) in [4.78, 5) is 37.6. The van der Waals surface area contributed by atoms with E-state index >= 15 is 0 Å². The first-order valence-electron chi connectivity index (χ1n) is 10.6. The van der Waals surface area contributed by atoms with Gasteiger partial charge in [-0.3, -0.25) is 0 Å². The molecule has 0 saturated carbocycles. The average molecular weight is 462 g/mol. The summed E-state index contributed by atoms with van der Waals surface area (Å²) in [6.07, 6.45) is -5.22. The second-order valence-electron chi connectivity index (χ2n) is 7.50. The molecule has 0 aromatic heterocycles. The first-order chi connectivity index (χ1) is 16.5. The van der Waals surface area contributed by atoms with E-state index in [1.807, 2.05) is 0 Å². The number of carbonyl (C=O) groups excluding carboxylic acids is 3. The van der Waals surface area contributed by atoms with E-state index < -0.39 is 42.5 Å². The highest BCUT2D eigenvalue weighted by atomic mass is 16.7. The first-order valence-corrected chi connectivity index (χ1v) is 10.6. The molecule has 0 aliphatic carbocycles. The molecule has 174 valence electrons. The van der Waals surface area contributed by atoms with Gasteiger partial charge in [-0.05, 0) is 36.4 Å². The Balaban J connectivity index is 1.51. The van der Waals surface area contributed by atoms with Gasteiger partial charge >= 0.3 is 17.9 Å². The third kappa shape index (κ3) is 5.48. The van der Waals surface area contributed by atoms with Crippen LogP contribution >= 0.6 is 0 Å². The van der Waals surface area contributed by atoms with Gasteiger partial charge in [0.05, 0.1) is 16.7 Å². The Morgan fingerprint density at radius 2 is 1.06 bits per heavy atom. The number of benzene rings is 3. The summed E-state index contributed by atoms with van der Waals surface area (Å²) < 4.78 is 21.8. The predicted octanol–water partition coefficient (Wildman–Crippen LogP) is 3.01. The number of hydrogen-bond donors (Lipinski definition) is 1. The van der Waals surface area contributed by atoms with Crippen molar-refractivity contribution in [3.05, 3.63) is 108 Å². The number of aliphatic hydroxyl groups excluding tert-OH is 1. The van der Waals surface area contributed by atoms with Crippen molar-refractivity contribution in [2.24, 2.45) is 0 Å². The SMILES string of the molecule is O=C(OC[C@@H]1O[C@@H](O)[C@H](OC(=O)c2ccccc2)[C@@H]1OC(=O)c1ccccc1)c1ccccc1. The van der Waals surface area contributed by atoms with Gasteiger partial charge in [0.15, 0.2) is 18.5 Å². The molecule has 0 spiro atoms. The normalized spacial score (nSPS) is 21.4. The molecule has 1 aliphatic heterocycles. The summed E-state index contributed by atoms with van der Waals surface area (Å²) in [5.41, 5.74) is 0.838. The number of hydrogen-bond acceptors (Lipinski definition) is 8. The maximum Gasteiger partial charge on any atom is 0.338 e. The summed E-state index contributed by atoms with van der Waals surface area (Å²) in [5, 5.41) is 10.5. The molecule has 1 saturated heterocycles. The Morgan fingerprint density at radius 1 is 0.647 bits per heavy atom. The number of rotatable bonds is 7. The highest BCUT2D eigenvalue weighted by Gasteiger charge is 2.50. The summed E-state index contributed by atoms with van der Waals surface area (Å²) in [6.45, 7) is -0.336. The molecule has 8 nitrogen and oxygen atoms in total. The smallest absolute Gasteiger partial charge is 0.338 e. The van der Waals surface area contributed by atoms with Gasteiger partial charge in [0, 0.05) is 0 Å². The monoisotopic (exact) mass is 462 g/mol. The van der Waals surface area contributed by atoms with Crippen molar-refractivity contribution in [3.63, 3.8) is 0 Å². The van der Waals surface area contributed by atoms with Gasteiger partial charge in [0.2, 0.25) is 0 Å². The maximum absolute atomic E-state index is 12.7. The van der Waals surface area contributed by atoms with Crippen molar-refractivity contribution >= 4 is 17.9 Å². The molecule has 8 heteroatoms. The van der Waals surface area contributed by atoms with Crippen LogP contribution in [0, 0.1) is 0 Å². The minimum atomic E-state index is -1.60. The lowest BCUT2D eigenvalue weighted by Gasteiger charge is -2.23. The zero-order valence-corrected chi connectivity index (χ0v) is 18.0. The Bertz CT molecular complexity index is 1120. The molecule has 34 heavy (non-hydrogen) atoms. The molecule has 0 radical (unpaired) electrons. The van der Waals surface area contributed by atoms with E-state index in [2.05, 4.69) is 0 Å². The summed E-state index contributed by atoms with van der Waals surface area (Å²) in [6, 6.07) is 24.7. The Labute approximate surface area is 195 Å². The summed E-state index contributed by atoms with van der Waals surface area (Å²) in [5.74, 6) is -2.05. The summed E-state index contributed by atoms with van der Waals surface area (Å²) >= 11 is 0. The van der Waals surface area contributed by atoms with E-state index in [9.17, 15) is 19.5 Å². The van der Waals surface area contributed by atoms with Crippen LogP contribution in [-0.2, 0) is 18.9 Å². The summed E-state index contributed by atoms with van der Waals surface area (Å²) in [7, 11) is 0. The highest BCUT2D eigenvalue weighted by Crippen LogP contribution is 2.28. The zero-order valence-electron chi connectivity index (χ0n) is 18.0. The zero-order chi connectivity index (χ0) is 23.9. The van der Waals surface area contributed by atoms with Crippen LogP contribution in [0.1, 0.15) is 31.1 Å². The van der Waals surface area contributed by atoms with Crippen molar-refractivity contribution in [1.82, 2.24) is 0 Å². The van der Waals surface area contributed by atoms with E-state index in [0.717, 1.165) is 0 Å². The van der Waals surface area contributed by atoms with E-state index in [-0.39, 0.29) is 17.7 Å². The van der Waals surface area contributed by atoms with Crippen LogP contribution in [-0.4, -0.2) is 54.2 Å². The van der Waals surface area contributed by atoms with Crippen molar-refractivity contribution < 1.29 is 38.4 Å². The molecule has 3 aromatic rings. The number of esters is 3. The van der Waals surface area contributed by atoms with Crippen LogP contribution in [0.15, 0.2) is 91.0 Å². The second kappa shape index (κ2) is 10.7. The van der Waals surface area contributed by atoms with Crippen molar-refractivity contribution in [2.45, 2.75) is 24.6 Å². The minimum Gasteiger partial charge on any atom is -0.459 e. The number of ether oxygens (including phenoxy) is 4. The van der Waals surface area contributed by atoms with E-state index in [1.165, 1.54) is 0 Å². The van der Waals surface area contributed by atoms with Crippen LogP contribution < -0.4 is 0 Å². The average Bonchev–Trinajstić information content (AvgIpc) is 3.17. The Kier molecular flexibility index (Phi) is 7.31. The van der Waals surface area contributed by atoms with Crippen molar-refractivity contribution in [2.75, 3.05) is 6.61 Å². The largest absolute Gasteiger partial charge is 0.459 e. The van der Waals surface area contributed by atoms with Crippen LogP contribution in [0.3, 0.4) is 0 Å². The quantitative estimate of drug-likeness (QED) is 0.422. The third-order valence-corrected chi connectivity index (χ3v) is 5.18. The van der Waals surface area contributed by atoms with E-state index in [4.69, 9.17) is 18.9 Å². The molecule has 1 aliphatic rings. The molecular formula is C26H22O8. The fourth-order valence-electron chi connectivity index (χ4n) is 3.46. The topological polar surface area (TPSA) is 108 Å². The first kappa shape index (κ1) is 23.2. The maximum atomic E-state index is 12.7. The second-order valence-corrected chi connectivity index (χ2v) is 7.50. The molecular weight excluding hydrogens is 440 g/mol. The Hall–Kier alpha value is -4.01. The molecule has 1 N–H and O–H groups in total. The Morgan fingerprint density at radius 3 is 1.53 bits per heavy atom. The van der Waals surface area contributed by atoms with Gasteiger partial charge in [-0.15, -0.1) is 0 Å². The minimum absolute atomic E-state index is 0.252. The molecule has 4 rings (SSSR count). The van der Waals surface area contributed by atoms with Crippen molar-refractivity contribution in [1.29, 1.82) is 0 Å². The molecule has 4 atom stereocenters. The molecule has 0 unspecified atom stereocenters. The molecule has 1 fully saturated rings.